The lowest BCUT2D eigenvalue weighted by molar-refractivity contribution is 0.0754. The number of hydrogen-bond acceptors (Lipinski definition) is 4. The molecule has 0 bridgehead atoms. The molecule has 4 nitrogen and oxygen atoms in total. The Bertz CT molecular complexity index is 459. The molecule has 0 aromatic carbocycles. The minimum absolute atomic E-state index is 0.0594. The van der Waals surface area contributed by atoms with E-state index in [4.69, 9.17) is 17.3 Å². The van der Waals surface area contributed by atoms with E-state index in [1.165, 1.54) is 12.3 Å². The highest BCUT2D eigenvalue weighted by Crippen LogP contribution is 2.27. The van der Waals surface area contributed by atoms with Crippen LogP contribution in [-0.4, -0.2) is 39.4 Å². The number of nitrogens with two attached hydrogens (primary N) is 1. The Hall–Kier alpha value is -0.940. The first-order valence-corrected chi connectivity index (χ1v) is 7.15. The number of nitrogens with zero attached hydrogens (tertiary/aromatic N) is 2. The van der Waals surface area contributed by atoms with E-state index < -0.39 is 0 Å². The number of halogens is 1. The van der Waals surface area contributed by atoms with E-state index in [1.807, 2.05) is 16.7 Å². The maximum atomic E-state index is 12.4. The van der Waals surface area contributed by atoms with Crippen molar-refractivity contribution in [1.29, 1.82) is 0 Å². The lowest BCUT2D eigenvalue weighted by Crippen LogP contribution is -2.44. The van der Waals surface area contributed by atoms with Gasteiger partial charge in [-0.15, -0.1) is 0 Å². The second-order valence-electron chi connectivity index (χ2n) is 4.56. The Balaban J connectivity index is 2.22. The van der Waals surface area contributed by atoms with Gasteiger partial charge in [0.25, 0.3) is 5.91 Å². The lowest BCUT2D eigenvalue weighted by Gasteiger charge is -2.34. The molecule has 0 aliphatic carbocycles. The summed E-state index contributed by atoms with van der Waals surface area (Å²) in [6.45, 7) is 5.74. The van der Waals surface area contributed by atoms with Crippen LogP contribution in [0, 0.1) is 0 Å². The largest absolute Gasteiger partial charge is 0.397 e. The number of rotatable bonds is 1. The molecule has 1 aliphatic rings. The lowest BCUT2D eigenvalue weighted by atomic mass is 10.2. The first-order chi connectivity index (χ1) is 8.47. The predicted molar refractivity (Wildman–Crippen MR) is 76.1 cm³/mol. The van der Waals surface area contributed by atoms with Gasteiger partial charge >= 0.3 is 0 Å². The zero-order valence-electron chi connectivity index (χ0n) is 10.4. The van der Waals surface area contributed by atoms with Gasteiger partial charge in [-0.3, -0.25) is 4.79 Å². The van der Waals surface area contributed by atoms with Crippen LogP contribution in [0.15, 0.2) is 12.3 Å². The van der Waals surface area contributed by atoms with Crippen molar-refractivity contribution >= 4 is 35.0 Å². The van der Waals surface area contributed by atoms with Crippen LogP contribution in [0.1, 0.15) is 24.2 Å². The van der Waals surface area contributed by atoms with Crippen molar-refractivity contribution < 1.29 is 4.79 Å². The highest BCUT2D eigenvalue weighted by atomic mass is 35.5. The van der Waals surface area contributed by atoms with Crippen molar-refractivity contribution in [2.75, 3.05) is 18.8 Å². The minimum Gasteiger partial charge on any atom is -0.397 e. The summed E-state index contributed by atoms with van der Waals surface area (Å²) in [7, 11) is 0. The molecule has 98 valence electrons. The summed E-state index contributed by atoms with van der Waals surface area (Å²) in [6, 6.07) is 1.54. The molecule has 0 spiro atoms. The van der Waals surface area contributed by atoms with E-state index in [2.05, 4.69) is 18.8 Å². The summed E-state index contributed by atoms with van der Waals surface area (Å²) in [5, 5.41) is 1.17. The summed E-state index contributed by atoms with van der Waals surface area (Å²) in [6.07, 6.45) is 1.43. The maximum absolute atomic E-state index is 12.4. The minimum atomic E-state index is -0.0594. The van der Waals surface area contributed by atoms with Crippen LogP contribution < -0.4 is 5.73 Å². The molecule has 2 rings (SSSR count). The summed E-state index contributed by atoms with van der Waals surface area (Å²) in [5.41, 5.74) is 6.62. The third-order valence-electron chi connectivity index (χ3n) is 2.84. The number of pyridine rings is 1. The van der Waals surface area contributed by atoms with E-state index in [0.717, 1.165) is 13.1 Å². The summed E-state index contributed by atoms with van der Waals surface area (Å²) < 4.78 is 0. The fourth-order valence-electron chi connectivity index (χ4n) is 2.14. The second kappa shape index (κ2) is 5.36. The maximum Gasteiger partial charge on any atom is 0.256 e. The molecule has 1 aliphatic heterocycles. The third-order valence-corrected chi connectivity index (χ3v) is 4.27. The van der Waals surface area contributed by atoms with Crippen LogP contribution >= 0.6 is 23.4 Å². The highest BCUT2D eigenvalue weighted by Gasteiger charge is 2.27. The zero-order valence-corrected chi connectivity index (χ0v) is 12.0. The van der Waals surface area contributed by atoms with Crippen LogP contribution in [0.2, 0.25) is 5.15 Å². The molecule has 0 saturated carbocycles. The van der Waals surface area contributed by atoms with Gasteiger partial charge in [0.05, 0.1) is 17.4 Å². The average molecular weight is 286 g/mol. The van der Waals surface area contributed by atoms with Gasteiger partial charge in [-0.25, -0.2) is 4.98 Å². The fraction of sp³-hybridized carbons (Fsp3) is 0.500. The number of hydrogen-bond donors (Lipinski definition) is 1. The average Bonchev–Trinajstić information content (AvgIpc) is 2.30. The Labute approximate surface area is 116 Å². The van der Waals surface area contributed by atoms with Crippen LogP contribution in [-0.2, 0) is 0 Å². The molecule has 6 heteroatoms. The molecule has 2 heterocycles. The van der Waals surface area contributed by atoms with Crippen LogP contribution in [0.3, 0.4) is 0 Å². The molecule has 1 saturated heterocycles. The number of thioether (sulfide) groups is 1. The van der Waals surface area contributed by atoms with Crippen LogP contribution in [0.5, 0.6) is 0 Å². The number of amides is 1. The summed E-state index contributed by atoms with van der Waals surface area (Å²) >= 11 is 7.72. The van der Waals surface area contributed by atoms with Gasteiger partial charge in [0, 0.05) is 23.6 Å². The summed E-state index contributed by atoms with van der Waals surface area (Å²) in [4.78, 5) is 18.1. The van der Waals surface area contributed by atoms with Crippen LogP contribution in [0.25, 0.3) is 0 Å². The molecule has 0 radical (unpaired) electrons. The molecule has 2 unspecified atom stereocenters. The van der Waals surface area contributed by atoms with Gasteiger partial charge in [-0.05, 0) is 6.07 Å². The second-order valence-corrected chi connectivity index (χ2v) is 6.83. The molecule has 1 aromatic rings. The molecule has 18 heavy (non-hydrogen) atoms. The first kappa shape index (κ1) is 13.5. The SMILES string of the molecule is CC1CN(C(=O)c2cc(Cl)ncc2N)CC(C)S1. The number of carbonyl (C=O) groups is 1. The van der Waals surface area contributed by atoms with Crippen LogP contribution in [0.4, 0.5) is 5.69 Å². The normalized spacial score (nSPS) is 24.1. The topological polar surface area (TPSA) is 59.2 Å². The quantitative estimate of drug-likeness (QED) is 0.804. The Morgan fingerprint density at radius 2 is 2.11 bits per heavy atom. The van der Waals surface area contributed by atoms with Gasteiger partial charge < -0.3 is 10.6 Å². The smallest absolute Gasteiger partial charge is 0.256 e. The predicted octanol–water partition coefficient (Wildman–Crippen LogP) is 2.28. The fourth-order valence-corrected chi connectivity index (χ4v) is 3.62. The van der Waals surface area contributed by atoms with E-state index >= 15 is 0 Å². The standard InChI is InChI=1S/C12H16ClN3OS/c1-7-5-16(6-8(2)18-7)12(17)9-3-11(13)15-4-10(9)14/h3-4,7-8H,5-6,14H2,1-2H3. The number of nitrogen functional groups attached to an aromatic ring is 1. The van der Waals surface area contributed by atoms with Gasteiger partial charge in [-0.1, -0.05) is 25.4 Å². The monoisotopic (exact) mass is 285 g/mol. The van der Waals surface area contributed by atoms with Crippen molar-refractivity contribution in [2.45, 2.75) is 24.3 Å². The van der Waals surface area contributed by atoms with Gasteiger partial charge in [0.1, 0.15) is 5.15 Å². The molecular weight excluding hydrogens is 270 g/mol. The van der Waals surface area contributed by atoms with E-state index in [1.54, 1.807) is 0 Å². The molecule has 2 atom stereocenters. The van der Waals surface area contributed by atoms with E-state index in [9.17, 15) is 4.79 Å². The van der Waals surface area contributed by atoms with Gasteiger partial charge in [0.2, 0.25) is 0 Å². The van der Waals surface area contributed by atoms with Crippen molar-refractivity contribution in [3.05, 3.63) is 23.0 Å². The molecular formula is C12H16ClN3OS. The van der Waals surface area contributed by atoms with Crippen molar-refractivity contribution in [3.8, 4) is 0 Å². The van der Waals surface area contributed by atoms with Crippen molar-refractivity contribution in [3.63, 3.8) is 0 Å². The van der Waals surface area contributed by atoms with Gasteiger partial charge in [-0.2, -0.15) is 11.8 Å². The number of aromatic nitrogens is 1. The number of carbonyl (C=O) groups excluding carboxylic acids is 1. The molecule has 1 amide bonds. The molecule has 2 N–H and O–H groups in total. The first-order valence-electron chi connectivity index (χ1n) is 5.83. The Morgan fingerprint density at radius 3 is 2.72 bits per heavy atom. The Morgan fingerprint density at radius 1 is 1.50 bits per heavy atom. The highest BCUT2D eigenvalue weighted by molar-refractivity contribution is 8.00. The van der Waals surface area contributed by atoms with Crippen molar-refractivity contribution in [1.82, 2.24) is 9.88 Å². The van der Waals surface area contributed by atoms with E-state index in [-0.39, 0.29) is 5.91 Å². The molecule has 1 aromatic heterocycles. The third kappa shape index (κ3) is 2.90. The summed E-state index contributed by atoms with van der Waals surface area (Å²) in [5.74, 6) is -0.0594. The number of anilines is 1. The molecule has 1 fully saturated rings. The van der Waals surface area contributed by atoms with E-state index in [0.29, 0.717) is 26.9 Å². The Kier molecular flexibility index (Phi) is 4.02. The van der Waals surface area contributed by atoms with Gasteiger partial charge in [0.15, 0.2) is 0 Å². The van der Waals surface area contributed by atoms with Crippen molar-refractivity contribution in [2.24, 2.45) is 0 Å². The zero-order chi connectivity index (χ0) is 13.3.